The van der Waals surface area contributed by atoms with Gasteiger partial charge in [-0.1, -0.05) is 43.1 Å². The Kier molecular flexibility index (Phi) is 4.80. The first-order chi connectivity index (χ1) is 7.84. The van der Waals surface area contributed by atoms with Crippen molar-refractivity contribution in [2.24, 2.45) is 11.7 Å². The largest absolute Gasteiger partial charge is 0.322 e. The lowest BCUT2D eigenvalue weighted by atomic mass is 10.0. The first-order valence-corrected chi connectivity index (χ1v) is 6.11. The molecule has 0 aromatic heterocycles. The van der Waals surface area contributed by atoms with Crippen LogP contribution in [0.3, 0.4) is 0 Å². The molecule has 0 aliphatic carbocycles. The number of nitrogens with one attached hydrogen (secondary N) is 1. The number of hydrogen-bond acceptors (Lipinski definition) is 2. The summed E-state index contributed by atoms with van der Waals surface area (Å²) in [7, 11) is 0. The van der Waals surface area contributed by atoms with Crippen LogP contribution in [0, 0.1) is 12.8 Å². The van der Waals surface area contributed by atoms with Crippen LogP contribution in [0.15, 0.2) is 12.1 Å². The zero-order valence-electron chi connectivity index (χ0n) is 10.1. The number of nitrogens with two attached hydrogens (primary N) is 1. The summed E-state index contributed by atoms with van der Waals surface area (Å²) in [5.74, 6) is -0.230. The standard InChI is InChI=1S/C12H16Cl2N2O/c1-6(2)10(15)12(17)16-11-8(13)5-4-7(3)9(11)14/h4-6,10H,15H2,1-3H3,(H,16,17)/t10-/m1/s1. The minimum absolute atomic E-state index is 0.0531. The summed E-state index contributed by atoms with van der Waals surface area (Å²) in [5.41, 5.74) is 7.02. The lowest BCUT2D eigenvalue weighted by Gasteiger charge is -2.17. The maximum absolute atomic E-state index is 11.8. The summed E-state index contributed by atoms with van der Waals surface area (Å²) in [6.07, 6.45) is 0. The Hall–Kier alpha value is -0.770. The molecule has 1 rings (SSSR count). The van der Waals surface area contributed by atoms with Crippen molar-refractivity contribution in [1.29, 1.82) is 0 Å². The fourth-order valence-electron chi connectivity index (χ4n) is 1.28. The third-order valence-electron chi connectivity index (χ3n) is 2.55. The van der Waals surface area contributed by atoms with E-state index in [1.165, 1.54) is 0 Å². The minimum atomic E-state index is -0.581. The number of amides is 1. The van der Waals surface area contributed by atoms with E-state index in [2.05, 4.69) is 5.32 Å². The molecule has 0 saturated carbocycles. The lowest BCUT2D eigenvalue weighted by molar-refractivity contribution is -0.118. The number of anilines is 1. The van der Waals surface area contributed by atoms with Gasteiger partial charge in [-0.05, 0) is 24.5 Å². The molecule has 1 amide bonds. The lowest BCUT2D eigenvalue weighted by Crippen LogP contribution is -2.39. The van der Waals surface area contributed by atoms with E-state index < -0.39 is 6.04 Å². The molecule has 0 spiro atoms. The van der Waals surface area contributed by atoms with E-state index >= 15 is 0 Å². The van der Waals surface area contributed by atoms with E-state index in [1.807, 2.05) is 20.8 Å². The van der Waals surface area contributed by atoms with Crippen LogP contribution in [-0.4, -0.2) is 11.9 Å². The summed E-state index contributed by atoms with van der Waals surface area (Å²) in [6.45, 7) is 5.60. The maximum atomic E-state index is 11.8. The smallest absolute Gasteiger partial charge is 0.241 e. The normalized spacial score (nSPS) is 12.6. The summed E-state index contributed by atoms with van der Waals surface area (Å²) in [5, 5.41) is 3.53. The number of carbonyl (C=O) groups is 1. The highest BCUT2D eigenvalue weighted by Gasteiger charge is 2.19. The van der Waals surface area contributed by atoms with Crippen molar-refractivity contribution < 1.29 is 4.79 Å². The zero-order chi connectivity index (χ0) is 13.2. The van der Waals surface area contributed by atoms with Crippen molar-refractivity contribution in [3.63, 3.8) is 0 Å². The van der Waals surface area contributed by atoms with Crippen LogP contribution in [0.1, 0.15) is 19.4 Å². The second-order valence-electron chi connectivity index (χ2n) is 4.31. The molecule has 1 atom stereocenters. The predicted octanol–water partition coefficient (Wildman–Crippen LogP) is 3.22. The van der Waals surface area contributed by atoms with E-state index in [0.29, 0.717) is 15.7 Å². The Morgan fingerprint density at radius 1 is 1.35 bits per heavy atom. The number of carbonyl (C=O) groups excluding carboxylic acids is 1. The summed E-state index contributed by atoms with van der Waals surface area (Å²) < 4.78 is 0. The predicted molar refractivity (Wildman–Crippen MR) is 72.6 cm³/mol. The van der Waals surface area contributed by atoms with E-state index in [4.69, 9.17) is 28.9 Å². The van der Waals surface area contributed by atoms with Gasteiger partial charge in [-0.3, -0.25) is 4.79 Å². The average Bonchev–Trinajstić information content (AvgIpc) is 2.28. The van der Waals surface area contributed by atoms with Crippen LogP contribution in [-0.2, 0) is 4.79 Å². The summed E-state index contributed by atoms with van der Waals surface area (Å²) >= 11 is 12.1. The third kappa shape index (κ3) is 3.35. The van der Waals surface area contributed by atoms with Gasteiger partial charge in [0.2, 0.25) is 5.91 Å². The Labute approximate surface area is 111 Å². The Morgan fingerprint density at radius 2 is 1.94 bits per heavy atom. The molecule has 0 aliphatic heterocycles. The summed E-state index contributed by atoms with van der Waals surface area (Å²) in [4.78, 5) is 11.8. The molecule has 0 heterocycles. The van der Waals surface area contributed by atoms with Gasteiger partial charge in [0.1, 0.15) is 0 Å². The molecule has 1 aromatic carbocycles. The van der Waals surface area contributed by atoms with Gasteiger partial charge >= 0.3 is 0 Å². The van der Waals surface area contributed by atoms with E-state index in [9.17, 15) is 4.79 Å². The van der Waals surface area contributed by atoms with E-state index in [-0.39, 0.29) is 11.8 Å². The van der Waals surface area contributed by atoms with Crippen LogP contribution in [0.5, 0.6) is 0 Å². The summed E-state index contributed by atoms with van der Waals surface area (Å²) in [6, 6.07) is 2.91. The van der Waals surface area contributed by atoms with Crippen LogP contribution < -0.4 is 11.1 Å². The monoisotopic (exact) mass is 274 g/mol. The molecular weight excluding hydrogens is 259 g/mol. The van der Waals surface area contributed by atoms with Crippen molar-refractivity contribution in [1.82, 2.24) is 0 Å². The van der Waals surface area contributed by atoms with E-state index in [0.717, 1.165) is 5.56 Å². The Balaban J connectivity index is 2.96. The van der Waals surface area contributed by atoms with Gasteiger partial charge in [-0.25, -0.2) is 0 Å². The number of rotatable bonds is 3. The van der Waals surface area contributed by atoms with Gasteiger partial charge in [0, 0.05) is 0 Å². The van der Waals surface area contributed by atoms with Crippen LogP contribution in [0.25, 0.3) is 0 Å². The van der Waals surface area contributed by atoms with Crippen LogP contribution in [0.2, 0.25) is 10.0 Å². The maximum Gasteiger partial charge on any atom is 0.241 e. The van der Waals surface area contributed by atoms with Crippen molar-refractivity contribution in [3.8, 4) is 0 Å². The fraction of sp³-hybridized carbons (Fsp3) is 0.417. The number of halogens is 2. The molecule has 0 aliphatic rings. The van der Waals surface area contributed by atoms with Crippen LogP contribution in [0.4, 0.5) is 5.69 Å². The molecule has 0 saturated heterocycles. The Morgan fingerprint density at radius 3 is 2.47 bits per heavy atom. The van der Waals surface area contributed by atoms with Gasteiger partial charge in [0.25, 0.3) is 0 Å². The third-order valence-corrected chi connectivity index (χ3v) is 3.36. The van der Waals surface area contributed by atoms with Gasteiger partial charge in [-0.15, -0.1) is 0 Å². The van der Waals surface area contributed by atoms with Crippen molar-refractivity contribution in [3.05, 3.63) is 27.7 Å². The highest BCUT2D eigenvalue weighted by atomic mass is 35.5. The molecule has 1 aromatic rings. The van der Waals surface area contributed by atoms with Gasteiger partial charge < -0.3 is 11.1 Å². The molecule has 0 fully saturated rings. The highest BCUT2D eigenvalue weighted by Crippen LogP contribution is 2.32. The number of benzene rings is 1. The minimum Gasteiger partial charge on any atom is -0.322 e. The molecule has 0 bridgehead atoms. The second-order valence-corrected chi connectivity index (χ2v) is 5.10. The number of aryl methyl sites for hydroxylation is 1. The van der Waals surface area contributed by atoms with Crippen molar-refractivity contribution >= 4 is 34.8 Å². The van der Waals surface area contributed by atoms with Gasteiger partial charge in [0.15, 0.2) is 0 Å². The molecule has 94 valence electrons. The van der Waals surface area contributed by atoms with Crippen molar-refractivity contribution in [2.45, 2.75) is 26.8 Å². The molecule has 17 heavy (non-hydrogen) atoms. The molecule has 3 N–H and O–H groups in total. The first-order valence-electron chi connectivity index (χ1n) is 5.35. The molecule has 5 heteroatoms. The molecular formula is C12H16Cl2N2O. The number of hydrogen-bond donors (Lipinski definition) is 2. The zero-order valence-corrected chi connectivity index (χ0v) is 11.6. The topological polar surface area (TPSA) is 55.1 Å². The first kappa shape index (κ1) is 14.3. The molecule has 3 nitrogen and oxygen atoms in total. The van der Waals surface area contributed by atoms with Gasteiger partial charge in [0.05, 0.1) is 21.8 Å². The molecule has 0 radical (unpaired) electrons. The van der Waals surface area contributed by atoms with Crippen molar-refractivity contribution in [2.75, 3.05) is 5.32 Å². The van der Waals surface area contributed by atoms with Gasteiger partial charge in [-0.2, -0.15) is 0 Å². The molecule has 0 unspecified atom stereocenters. The highest BCUT2D eigenvalue weighted by molar-refractivity contribution is 6.40. The SMILES string of the molecule is Cc1ccc(Cl)c(NC(=O)[C@H](N)C(C)C)c1Cl. The fourth-order valence-corrected chi connectivity index (χ4v) is 1.75. The van der Waals surface area contributed by atoms with E-state index in [1.54, 1.807) is 12.1 Å². The second kappa shape index (κ2) is 5.71. The average molecular weight is 275 g/mol. The Bertz CT molecular complexity index is 433. The van der Waals surface area contributed by atoms with Crippen LogP contribution >= 0.6 is 23.2 Å². The quantitative estimate of drug-likeness (QED) is 0.889.